The molecule has 1 aromatic carbocycles. The highest BCUT2D eigenvalue weighted by Gasteiger charge is 2.15. The summed E-state index contributed by atoms with van der Waals surface area (Å²) < 4.78 is 12.4. The summed E-state index contributed by atoms with van der Waals surface area (Å²) in [5.41, 5.74) is 7.80. The number of ether oxygens (including phenoxy) is 2. The number of thiophene rings is 1. The number of nitrogens with two attached hydrogens (primary N) is 1. The first-order valence-corrected chi connectivity index (χ1v) is 7.30. The molecular weight excluding hydrogens is 314 g/mol. The van der Waals surface area contributed by atoms with E-state index in [0.29, 0.717) is 18.9 Å². The fraction of sp³-hybridized carbons (Fsp3) is 0.231. The number of fused-ring (bicyclic) bond motifs is 1. The Hall–Kier alpha value is -1.20. The average Bonchev–Trinajstić information content (AvgIpc) is 2.65. The second-order valence-electron chi connectivity index (χ2n) is 4.04. The van der Waals surface area contributed by atoms with E-state index in [2.05, 4.69) is 15.9 Å². The van der Waals surface area contributed by atoms with Crippen LogP contribution in [0.25, 0.3) is 10.4 Å². The van der Waals surface area contributed by atoms with Crippen LogP contribution in [0.4, 0.5) is 5.69 Å². The molecule has 0 unspecified atom stereocenters. The third-order valence-corrected chi connectivity index (χ3v) is 4.42. The predicted octanol–water partition coefficient (Wildman–Crippen LogP) is 3.92. The molecule has 2 heterocycles. The van der Waals surface area contributed by atoms with Gasteiger partial charge in [0, 0.05) is 28.6 Å². The van der Waals surface area contributed by atoms with Crippen molar-refractivity contribution in [2.24, 2.45) is 0 Å². The molecule has 0 amide bonds. The van der Waals surface area contributed by atoms with Gasteiger partial charge in [0.15, 0.2) is 11.5 Å². The molecule has 2 aromatic rings. The molecule has 0 atom stereocenters. The summed E-state index contributed by atoms with van der Waals surface area (Å²) in [6.07, 6.45) is 0.897. The van der Waals surface area contributed by atoms with Crippen molar-refractivity contribution >= 4 is 33.0 Å². The van der Waals surface area contributed by atoms with E-state index in [0.717, 1.165) is 32.1 Å². The lowest BCUT2D eigenvalue weighted by atomic mass is 10.1. The Labute approximate surface area is 118 Å². The Balaban J connectivity index is 2.08. The van der Waals surface area contributed by atoms with Crippen molar-refractivity contribution in [2.45, 2.75) is 6.42 Å². The van der Waals surface area contributed by atoms with Crippen molar-refractivity contribution < 1.29 is 9.47 Å². The SMILES string of the molecule is Nc1cc2c(cc1-c1ccc(Br)s1)OCCCO2. The summed E-state index contributed by atoms with van der Waals surface area (Å²) in [7, 11) is 0. The van der Waals surface area contributed by atoms with Crippen LogP contribution in [0, 0.1) is 0 Å². The molecule has 0 saturated heterocycles. The van der Waals surface area contributed by atoms with Crippen LogP contribution >= 0.6 is 27.3 Å². The lowest BCUT2D eigenvalue weighted by molar-refractivity contribution is 0.297. The normalized spacial score (nSPS) is 14.3. The maximum Gasteiger partial charge on any atom is 0.163 e. The molecule has 94 valence electrons. The first-order chi connectivity index (χ1) is 8.74. The first kappa shape index (κ1) is 11.9. The molecule has 18 heavy (non-hydrogen) atoms. The molecule has 0 radical (unpaired) electrons. The fourth-order valence-corrected chi connectivity index (χ4v) is 3.32. The molecule has 1 aliphatic rings. The summed E-state index contributed by atoms with van der Waals surface area (Å²) >= 11 is 5.11. The van der Waals surface area contributed by atoms with Crippen LogP contribution in [0.3, 0.4) is 0 Å². The highest BCUT2D eigenvalue weighted by molar-refractivity contribution is 9.11. The van der Waals surface area contributed by atoms with Crippen molar-refractivity contribution in [3.63, 3.8) is 0 Å². The molecule has 0 saturated carbocycles. The van der Waals surface area contributed by atoms with E-state index in [1.165, 1.54) is 0 Å². The number of benzene rings is 1. The summed E-state index contributed by atoms with van der Waals surface area (Å²) in [5.74, 6) is 1.52. The molecule has 0 aliphatic carbocycles. The first-order valence-electron chi connectivity index (χ1n) is 5.69. The molecular formula is C13H12BrNO2S. The average molecular weight is 326 g/mol. The monoisotopic (exact) mass is 325 g/mol. The van der Waals surface area contributed by atoms with Gasteiger partial charge < -0.3 is 15.2 Å². The minimum atomic E-state index is 0.677. The van der Waals surface area contributed by atoms with E-state index in [9.17, 15) is 0 Å². The molecule has 1 aliphatic heterocycles. The van der Waals surface area contributed by atoms with Crippen LogP contribution in [0.1, 0.15) is 6.42 Å². The highest BCUT2D eigenvalue weighted by atomic mass is 79.9. The summed E-state index contributed by atoms with van der Waals surface area (Å²) in [6, 6.07) is 7.88. The van der Waals surface area contributed by atoms with Crippen LogP contribution in [-0.4, -0.2) is 13.2 Å². The minimum Gasteiger partial charge on any atom is -0.490 e. The van der Waals surface area contributed by atoms with Crippen LogP contribution in [0.2, 0.25) is 0 Å². The minimum absolute atomic E-state index is 0.677. The van der Waals surface area contributed by atoms with Gasteiger partial charge in [-0.2, -0.15) is 0 Å². The smallest absolute Gasteiger partial charge is 0.163 e. The van der Waals surface area contributed by atoms with Crippen molar-refractivity contribution in [2.75, 3.05) is 18.9 Å². The number of anilines is 1. The Morgan fingerprint density at radius 1 is 1.11 bits per heavy atom. The van der Waals surface area contributed by atoms with Gasteiger partial charge in [-0.15, -0.1) is 11.3 Å². The number of hydrogen-bond acceptors (Lipinski definition) is 4. The van der Waals surface area contributed by atoms with Gasteiger partial charge in [-0.1, -0.05) is 0 Å². The summed E-state index contributed by atoms with van der Waals surface area (Å²) in [4.78, 5) is 1.12. The quantitative estimate of drug-likeness (QED) is 0.808. The number of halogens is 1. The Bertz CT molecular complexity index is 582. The fourth-order valence-electron chi connectivity index (χ4n) is 1.90. The van der Waals surface area contributed by atoms with Gasteiger partial charge in [0.05, 0.1) is 17.0 Å². The van der Waals surface area contributed by atoms with Crippen LogP contribution in [0.5, 0.6) is 11.5 Å². The third-order valence-electron chi connectivity index (χ3n) is 2.76. The van der Waals surface area contributed by atoms with Crippen LogP contribution in [-0.2, 0) is 0 Å². The third kappa shape index (κ3) is 2.20. The van der Waals surface area contributed by atoms with Gasteiger partial charge >= 0.3 is 0 Å². The maximum atomic E-state index is 6.09. The Kier molecular flexibility index (Phi) is 3.18. The molecule has 5 heteroatoms. The number of hydrogen-bond donors (Lipinski definition) is 1. The van der Waals surface area contributed by atoms with E-state index in [4.69, 9.17) is 15.2 Å². The van der Waals surface area contributed by atoms with E-state index in [1.54, 1.807) is 11.3 Å². The second kappa shape index (κ2) is 4.82. The van der Waals surface area contributed by atoms with Crippen LogP contribution in [0.15, 0.2) is 28.1 Å². The molecule has 2 N–H and O–H groups in total. The Morgan fingerprint density at radius 3 is 2.50 bits per heavy atom. The molecule has 1 aromatic heterocycles. The zero-order chi connectivity index (χ0) is 12.5. The van der Waals surface area contributed by atoms with E-state index in [1.807, 2.05) is 24.3 Å². The lowest BCUT2D eigenvalue weighted by Crippen LogP contribution is -1.97. The van der Waals surface area contributed by atoms with Crippen molar-refractivity contribution in [3.05, 3.63) is 28.1 Å². The highest BCUT2D eigenvalue weighted by Crippen LogP contribution is 2.41. The number of rotatable bonds is 1. The van der Waals surface area contributed by atoms with Crippen molar-refractivity contribution in [1.82, 2.24) is 0 Å². The standard InChI is InChI=1S/C13H12BrNO2S/c14-13-3-2-12(18-13)8-6-10-11(7-9(8)15)17-5-1-4-16-10/h2-3,6-7H,1,4-5,15H2. The van der Waals surface area contributed by atoms with Gasteiger partial charge in [-0.05, 0) is 34.1 Å². The lowest BCUT2D eigenvalue weighted by Gasteiger charge is -2.11. The second-order valence-corrected chi connectivity index (χ2v) is 6.50. The van der Waals surface area contributed by atoms with Gasteiger partial charge in [0.2, 0.25) is 0 Å². The zero-order valence-corrected chi connectivity index (χ0v) is 12.0. The van der Waals surface area contributed by atoms with Gasteiger partial charge in [0.25, 0.3) is 0 Å². The maximum absolute atomic E-state index is 6.09. The Morgan fingerprint density at radius 2 is 1.83 bits per heavy atom. The van der Waals surface area contributed by atoms with Crippen LogP contribution < -0.4 is 15.2 Å². The molecule has 0 fully saturated rings. The molecule has 3 rings (SSSR count). The van der Waals surface area contributed by atoms with Crippen molar-refractivity contribution in [1.29, 1.82) is 0 Å². The number of nitrogen functional groups attached to an aromatic ring is 1. The topological polar surface area (TPSA) is 44.5 Å². The molecule has 0 spiro atoms. The van der Waals surface area contributed by atoms with Gasteiger partial charge in [-0.3, -0.25) is 0 Å². The largest absolute Gasteiger partial charge is 0.490 e. The van der Waals surface area contributed by atoms with Gasteiger partial charge in [-0.25, -0.2) is 0 Å². The molecule has 0 bridgehead atoms. The predicted molar refractivity (Wildman–Crippen MR) is 77.5 cm³/mol. The van der Waals surface area contributed by atoms with Gasteiger partial charge in [0.1, 0.15) is 0 Å². The molecule has 3 nitrogen and oxygen atoms in total. The van der Waals surface area contributed by atoms with E-state index in [-0.39, 0.29) is 0 Å². The van der Waals surface area contributed by atoms with E-state index >= 15 is 0 Å². The summed E-state index contributed by atoms with van der Waals surface area (Å²) in [6.45, 7) is 1.36. The zero-order valence-electron chi connectivity index (χ0n) is 9.61. The van der Waals surface area contributed by atoms with E-state index < -0.39 is 0 Å². The summed E-state index contributed by atoms with van der Waals surface area (Å²) in [5, 5.41) is 0. The van der Waals surface area contributed by atoms with Crippen molar-refractivity contribution in [3.8, 4) is 21.9 Å².